The van der Waals surface area contributed by atoms with E-state index in [9.17, 15) is 19.9 Å². The van der Waals surface area contributed by atoms with E-state index >= 15 is 0 Å². The molecule has 0 fully saturated rings. The molecule has 0 unspecified atom stereocenters. The molecule has 122 valence electrons. The molecule has 8 heteroatoms. The van der Waals surface area contributed by atoms with Crippen LogP contribution in [-0.2, 0) is 18.5 Å². The monoisotopic (exact) mass is 310 g/mol. The van der Waals surface area contributed by atoms with Crippen molar-refractivity contribution in [3.63, 3.8) is 0 Å². The van der Waals surface area contributed by atoms with Crippen LogP contribution in [0.1, 0.15) is 49.4 Å². The standard InChI is InChI=1S/C14H22N4O4/c1-8-6-10-9(7-17(8)13(20)21)11(12(19)16(5)22)15-18(10)14(2,3)4/h8,22H,6-7H2,1-5H3,(H,20,21)/t8-/m1/s1. The number of hydroxylamine groups is 2. The largest absolute Gasteiger partial charge is 0.465 e. The van der Waals surface area contributed by atoms with E-state index in [1.165, 1.54) is 11.9 Å². The second kappa shape index (κ2) is 5.28. The lowest BCUT2D eigenvalue weighted by molar-refractivity contribution is -0.0381. The lowest BCUT2D eigenvalue weighted by Crippen LogP contribution is -2.43. The van der Waals surface area contributed by atoms with Gasteiger partial charge in [-0.05, 0) is 27.7 Å². The Morgan fingerprint density at radius 1 is 1.36 bits per heavy atom. The molecule has 0 spiro atoms. The van der Waals surface area contributed by atoms with Gasteiger partial charge in [-0.3, -0.25) is 14.7 Å². The van der Waals surface area contributed by atoms with Gasteiger partial charge >= 0.3 is 6.09 Å². The Morgan fingerprint density at radius 2 is 1.95 bits per heavy atom. The predicted octanol–water partition coefficient (Wildman–Crippen LogP) is 1.52. The second-order valence-corrected chi connectivity index (χ2v) is 6.65. The molecule has 0 saturated carbocycles. The highest BCUT2D eigenvalue weighted by Crippen LogP contribution is 2.30. The number of carbonyl (C=O) groups excluding carboxylic acids is 1. The quantitative estimate of drug-likeness (QED) is 0.605. The van der Waals surface area contributed by atoms with E-state index in [4.69, 9.17) is 0 Å². The summed E-state index contributed by atoms with van der Waals surface area (Å²) < 4.78 is 1.76. The molecule has 1 atom stereocenters. The van der Waals surface area contributed by atoms with E-state index in [1.807, 2.05) is 27.7 Å². The van der Waals surface area contributed by atoms with Crippen molar-refractivity contribution in [3.8, 4) is 0 Å². The summed E-state index contributed by atoms with van der Waals surface area (Å²) in [6, 6.07) is -0.197. The van der Waals surface area contributed by atoms with Crippen LogP contribution in [0.25, 0.3) is 0 Å². The van der Waals surface area contributed by atoms with Crippen molar-refractivity contribution in [3.05, 3.63) is 17.0 Å². The minimum atomic E-state index is -1.03. The van der Waals surface area contributed by atoms with Crippen LogP contribution in [-0.4, -0.2) is 55.1 Å². The van der Waals surface area contributed by atoms with Crippen LogP contribution < -0.4 is 0 Å². The third-order valence-corrected chi connectivity index (χ3v) is 3.82. The van der Waals surface area contributed by atoms with Gasteiger partial charge in [0.1, 0.15) is 0 Å². The van der Waals surface area contributed by atoms with Gasteiger partial charge in [0, 0.05) is 30.8 Å². The van der Waals surface area contributed by atoms with Crippen molar-refractivity contribution in [1.29, 1.82) is 0 Å². The molecular formula is C14H22N4O4. The molecule has 2 rings (SSSR count). The lowest BCUT2D eigenvalue weighted by Gasteiger charge is -2.33. The molecule has 22 heavy (non-hydrogen) atoms. The maximum absolute atomic E-state index is 12.1. The molecule has 2 heterocycles. The van der Waals surface area contributed by atoms with Crippen LogP contribution in [0.15, 0.2) is 0 Å². The first-order valence-corrected chi connectivity index (χ1v) is 7.11. The average molecular weight is 310 g/mol. The maximum Gasteiger partial charge on any atom is 0.407 e. The number of hydrogen-bond donors (Lipinski definition) is 2. The smallest absolute Gasteiger partial charge is 0.407 e. The zero-order valence-corrected chi connectivity index (χ0v) is 13.5. The van der Waals surface area contributed by atoms with Gasteiger partial charge in [0.05, 0.1) is 12.1 Å². The Kier molecular flexibility index (Phi) is 3.90. The van der Waals surface area contributed by atoms with Crippen molar-refractivity contribution in [2.24, 2.45) is 0 Å². The van der Waals surface area contributed by atoms with Crippen molar-refractivity contribution in [2.45, 2.75) is 52.2 Å². The molecule has 0 bridgehead atoms. The van der Waals surface area contributed by atoms with Gasteiger partial charge in [-0.25, -0.2) is 9.86 Å². The first kappa shape index (κ1) is 16.3. The van der Waals surface area contributed by atoms with Crippen molar-refractivity contribution in [2.75, 3.05) is 7.05 Å². The number of aromatic nitrogens is 2. The summed E-state index contributed by atoms with van der Waals surface area (Å²) in [4.78, 5) is 24.8. The van der Waals surface area contributed by atoms with Crippen molar-refractivity contribution < 1.29 is 19.9 Å². The topological polar surface area (TPSA) is 98.9 Å². The van der Waals surface area contributed by atoms with Gasteiger partial charge in [-0.1, -0.05) is 0 Å². The summed E-state index contributed by atoms with van der Waals surface area (Å²) in [5.74, 6) is -0.640. The predicted molar refractivity (Wildman–Crippen MR) is 77.8 cm³/mol. The summed E-state index contributed by atoms with van der Waals surface area (Å²) in [6.45, 7) is 7.82. The van der Waals surface area contributed by atoms with Crippen LogP contribution in [0, 0.1) is 0 Å². The van der Waals surface area contributed by atoms with Gasteiger partial charge in [0.25, 0.3) is 5.91 Å². The molecule has 1 aromatic heterocycles. The molecule has 0 saturated heterocycles. The van der Waals surface area contributed by atoms with Crippen LogP contribution in [0.5, 0.6) is 0 Å². The number of carboxylic acid groups (broad SMARTS) is 1. The number of fused-ring (bicyclic) bond motifs is 1. The minimum Gasteiger partial charge on any atom is -0.465 e. The van der Waals surface area contributed by atoms with Gasteiger partial charge < -0.3 is 10.0 Å². The Hall–Kier alpha value is -2.09. The van der Waals surface area contributed by atoms with Gasteiger partial charge in [0.15, 0.2) is 5.69 Å². The summed E-state index contributed by atoms with van der Waals surface area (Å²) in [5, 5.41) is 23.5. The number of hydrogen-bond acceptors (Lipinski definition) is 4. The molecule has 1 aliphatic rings. The third-order valence-electron chi connectivity index (χ3n) is 3.82. The highest BCUT2D eigenvalue weighted by molar-refractivity contribution is 5.93. The van der Waals surface area contributed by atoms with E-state index in [0.29, 0.717) is 17.0 Å². The molecule has 8 nitrogen and oxygen atoms in total. The molecule has 2 amide bonds. The molecule has 0 aromatic carbocycles. The Morgan fingerprint density at radius 3 is 2.41 bits per heavy atom. The Balaban J connectivity index is 2.60. The zero-order valence-electron chi connectivity index (χ0n) is 13.5. The van der Waals surface area contributed by atoms with Crippen LogP contribution in [0.2, 0.25) is 0 Å². The Labute approximate surface area is 128 Å². The van der Waals surface area contributed by atoms with Crippen molar-refractivity contribution >= 4 is 12.0 Å². The normalized spacial score (nSPS) is 18.1. The molecule has 1 aromatic rings. The summed E-state index contributed by atoms with van der Waals surface area (Å²) in [6.07, 6.45) is -0.550. The first-order chi connectivity index (χ1) is 10.0. The number of nitrogens with zero attached hydrogens (tertiary/aromatic N) is 4. The number of carbonyl (C=O) groups is 2. The van der Waals surface area contributed by atoms with E-state index in [2.05, 4.69) is 5.10 Å². The molecule has 0 aliphatic carbocycles. The fourth-order valence-corrected chi connectivity index (χ4v) is 2.71. The van der Waals surface area contributed by atoms with Crippen LogP contribution in [0.4, 0.5) is 4.79 Å². The summed E-state index contributed by atoms with van der Waals surface area (Å²) in [5.41, 5.74) is 1.18. The molecule has 0 radical (unpaired) electrons. The highest BCUT2D eigenvalue weighted by Gasteiger charge is 2.36. The lowest BCUT2D eigenvalue weighted by atomic mass is 9.98. The van der Waals surface area contributed by atoms with Gasteiger partial charge in [-0.2, -0.15) is 5.10 Å². The van der Waals surface area contributed by atoms with Gasteiger partial charge in [-0.15, -0.1) is 0 Å². The van der Waals surface area contributed by atoms with E-state index in [0.717, 1.165) is 5.69 Å². The summed E-state index contributed by atoms with van der Waals surface area (Å²) in [7, 11) is 1.23. The van der Waals surface area contributed by atoms with Gasteiger partial charge in [0.2, 0.25) is 0 Å². The SMILES string of the molecule is C[C@@H]1Cc2c(c(C(=O)N(C)O)nn2C(C)(C)C)CN1C(=O)O. The van der Waals surface area contributed by atoms with Crippen LogP contribution >= 0.6 is 0 Å². The number of rotatable bonds is 1. The minimum absolute atomic E-state index is 0.0941. The fourth-order valence-electron chi connectivity index (χ4n) is 2.71. The van der Waals surface area contributed by atoms with E-state index in [-0.39, 0.29) is 23.8 Å². The molecule has 1 aliphatic heterocycles. The summed E-state index contributed by atoms with van der Waals surface area (Å²) >= 11 is 0. The third kappa shape index (κ3) is 2.66. The molecular weight excluding hydrogens is 288 g/mol. The average Bonchev–Trinajstić information content (AvgIpc) is 2.74. The zero-order chi connectivity index (χ0) is 16.8. The maximum atomic E-state index is 12.1. The highest BCUT2D eigenvalue weighted by atomic mass is 16.5. The fraction of sp³-hybridized carbons (Fsp3) is 0.643. The van der Waals surface area contributed by atoms with Crippen LogP contribution in [0.3, 0.4) is 0 Å². The molecule has 2 N–H and O–H groups in total. The van der Waals surface area contributed by atoms with Crippen molar-refractivity contribution in [1.82, 2.24) is 19.7 Å². The second-order valence-electron chi connectivity index (χ2n) is 6.65. The van der Waals surface area contributed by atoms with E-state index in [1.54, 1.807) is 4.68 Å². The van der Waals surface area contributed by atoms with E-state index < -0.39 is 12.0 Å². The number of amides is 2. The first-order valence-electron chi connectivity index (χ1n) is 7.11. The Bertz CT molecular complexity index is 615.